The van der Waals surface area contributed by atoms with Gasteiger partial charge in [-0.15, -0.1) is 0 Å². The first kappa shape index (κ1) is 13.4. The van der Waals surface area contributed by atoms with E-state index in [1.165, 1.54) is 17.9 Å². The molecule has 2 N–H and O–H groups in total. The first-order valence-electron chi connectivity index (χ1n) is 5.12. The molecule has 0 saturated carbocycles. The van der Waals surface area contributed by atoms with Crippen LogP contribution in [0.2, 0.25) is 0 Å². The third-order valence-electron chi connectivity index (χ3n) is 2.42. The van der Waals surface area contributed by atoms with Crippen LogP contribution in [0.1, 0.15) is 18.2 Å². The van der Waals surface area contributed by atoms with Crippen molar-refractivity contribution in [1.82, 2.24) is 9.55 Å². The third kappa shape index (κ3) is 3.15. The molecule has 0 unspecified atom stereocenters. The molecule has 17 heavy (non-hydrogen) atoms. The molecular formula is C11H16N2O4. The molecule has 0 aliphatic heterocycles. The summed E-state index contributed by atoms with van der Waals surface area (Å²) in [6.45, 7) is 5.07. The van der Waals surface area contributed by atoms with E-state index in [4.69, 9.17) is 9.84 Å². The summed E-state index contributed by atoms with van der Waals surface area (Å²) in [6.07, 6.45) is 1.15. The van der Waals surface area contributed by atoms with Crippen molar-refractivity contribution < 1.29 is 9.84 Å². The van der Waals surface area contributed by atoms with Gasteiger partial charge in [-0.05, 0) is 12.5 Å². The number of aliphatic hydroxyl groups is 1. The van der Waals surface area contributed by atoms with Crippen LogP contribution in [0.15, 0.2) is 27.9 Å². The largest absolute Gasteiger partial charge is 0.392 e. The van der Waals surface area contributed by atoms with E-state index in [0.29, 0.717) is 17.6 Å². The minimum atomic E-state index is -0.585. The average molecular weight is 240 g/mol. The highest BCUT2D eigenvalue weighted by atomic mass is 16.5. The number of ether oxygens (including phenoxy) is 1. The fraction of sp³-hybridized carbons (Fsp3) is 0.455. The highest BCUT2D eigenvalue weighted by Gasteiger charge is 2.13. The molecule has 0 spiro atoms. The Morgan fingerprint density at radius 3 is 2.82 bits per heavy atom. The summed E-state index contributed by atoms with van der Waals surface area (Å²) >= 11 is 0. The van der Waals surface area contributed by atoms with Crippen LogP contribution in [0.4, 0.5) is 0 Å². The first-order chi connectivity index (χ1) is 7.99. The van der Waals surface area contributed by atoms with Crippen molar-refractivity contribution in [3.63, 3.8) is 0 Å². The van der Waals surface area contributed by atoms with Crippen molar-refractivity contribution in [3.8, 4) is 0 Å². The molecule has 1 aromatic rings. The van der Waals surface area contributed by atoms with Crippen LogP contribution in [0, 0.1) is 6.92 Å². The minimum absolute atomic E-state index is 0.170. The number of hydrogen-bond acceptors (Lipinski definition) is 4. The van der Waals surface area contributed by atoms with Gasteiger partial charge in [0.25, 0.3) is 5.56 Å². The maximum Gasteiger partial charge on any atom is 0.330 e. The van der Waals surface area contributed by atoms with E-state index in [-0.39, 0.29) is 6.61 Å². The van der Waals surface area contributed by atoms with Crippen LogP contribution in [0.3, 0.4) is 0 Å². The predicted octanol–water partition coefficient (Wildman–Crippen LogP) is -0.0714. The maximum absolute atomic E-state index is 11.6. The van der Waals surface area contributed by atoms with E-state index < -0.39 is 17.5 Å². The van der Waals surface area contributed by atoms with Gasteiger partial charge in [-0.1, -0.05) is 6.58 Å². The lowest BCUT2D eigenvalue weighted by atomic mass is 10.2. The van der Waals surface area contributed by atoms with Gasteiger partial charge in [0.05, 0.1) is 6.61 Å². The second-order valence-electron chi connectivity index (χ2n) is 3.78. The van der Waals surface area contributed by atoms with Crippen molar-refractivity contribution in [2.24, 2.45) is 0 Å². The van der Waals surface area contributed by atoms with Crippen LogP contribution in [-0.4, -0.2) is 28.4 Å². The smallest absolute Gasteiger partial charge is 0.330 e. The van der Waals surface area contributed by atoms with Crippen LogP contribution in [-0.2, 0) is 4.74 Å². The molecule has 0 saturated heterocycles. The molecule has 0 aromatic carbocycles. The SMILES string of the molecule is C=C(CO)C[C@H](OC)n1cc(C)c(=O)[nH]c1=O. The summed E-state index contributed by atoms with van der Waals surface area (Å²) < 4.78 is 6.43. The van der Waals surface area contributed by atoms with Gasteiger partial charge >= 0.3 is 5.69 Å². The number of hydrogen-bond donors (Lipinski definition) is 2. The average Bonchev–Trinajstić information content (AvgIpc) is 2.30. The Kier molecular flexibility index (Phi) is 4.42. The number of aromatic nitrogens is 2. The second kappa shape index (κ2) is 5.60. The number of nitrogens with one attached hydrogen (secondary N) is 1. The number of aliphatic hydroxyl groups excluding tert-OH is 1. The lowest BCUT2D eigenvalue weighted by molar-refractivity contribution is 0.0383. The van der Waals surface area contributed by atoms with Gasteiger partial charge in [-0.2, -0.15) is 0 Å². The zero-order valence-electron chi connectivity index (χ0n) is 9.90. The van der Waals surface area contributed by atoms with Crippen molar-refractivity contribution in [3.05, 3.63) is 44.8 Å². The molecule has 0 bridgehead atoms. The van der Waals surface area contributed by atoms with Gasteiger partial charge in [-0.25, -0.2) is 4.79 Å². The van der Waals surface area contributed by atoms with Crippen LogP contribution in [0.25, 0.3) is 0 Å². The summed E-state index contributed by atoms with van der Waals surface area (Å²) in [6, 6.07) is 0. The number of aryl methyl sites for hydroxylation is 1. The molecule has 0 aliphatic carbocycles. The van der Waals surface area contributed by atoms with E-state index in [2.05, 4.69) is 11.6 Å². The highest BCUT2D eigenvalue weighted by molar-refractivity contribution is 5.03. The Hall–Kier alpha value is -1.66. The summed E-state index contributed by atoms with van der Waals surface area (Å²) in [5, 5.41) is 8.89. The zero-order valence-corrected chi connectivity index (χ0v) is 9.90. The summed E-state index contributed by atoms with van der Waals surface area (Å²) in [4.78, 5) is 25.0. The number of methoxy groups -OCH3 is 1. The molecule has 0 radical (unpaired) electrons. The van der Waals surface area contributed by atoms with Crippen molar-refractivity contribution in [2.75, 3.05) is 13.7 Å². The van der Waals surface area contributed by atoms with Gasteiger partial charge in [0, 0.05) is 25.3 Å². The molecule has 1 heterocycles. The Bertz CT molecular complexity index is 515. The third-order valence-corrected chi connectivity index (χ3v) is 2.42. The first-order valence-corrected chi connectivity index (χ1v) is 5.12. The minimum Gasteiger partial charge on any atom is -0.392 e. The molecule has 94 valence electrons. The normalized spacial score (nSPS) is 12.4. The van der Waals surface area contributed by atoms with Gasteiger partial charge in [0.15, 0.2) is 0 Å². The Morgan fingerprint density at radius 1 is 1.65 bits per heavy atom. The predicted molar refractivity (Wildman–Crippen MR) is 62.9 cm³/mol. The lowest BCUT2D eigenvalue weighted by Crippen LogP contribution is -2.34. The van der Waals surface area contributed by atoms with E-state index in [1.807, 2.05) is 0 Å². The van der Waals surface area contributed by atoms with Crippen molar-refractivity contribution >= 4 is 0 Å². The number of H-pyrrole nitrogens is 1. The monoisotopic (exact) mass is 240 g/mol. The lowest BCUT2D eigenvalue weighted by Gasteiger charge is -2.18. The molecule has 6 nitrogen and oxygen atoms in total. The number of rotatable bonds is 5. The second-order valence-corrected chi connectivity index (χ2v) is 3.78. The van der Waals surface area contributed by atoms with E-state index in [0.717, 1.165) is 0 Å². The molecule has 0 aliphatic rings. The zero-order chi connectivity index (χ0) is 13.0. The molecule has 0 fully saturated rings. The summed E-state index contributed by atoms with van der Waals surface area (Å²) in [5.41, 5.74) is 0.00846. The Labute approximate surface area is 98.2 Å². The van der Waals surface area contributed by atoms with Crippen LogP contribution < -0.4 is 11.2 Å². The van der Waals surface area contributed by atoms with Crippen LogP contribution in [0.5, 0.6) is 0 Å². The number of aromatic amines is 1. The molecule has 6 heteroatoms. The molecule has 0 amide bonds. The topological polar surface area (TPSA) is 84.3 Å². The molecule has 1 rings (SSSR count). The molecule has 1 aromatic heterocycles. The quantitative estimate of drug-likeness (QED) is 0.705. The molecular weight excluding hydrogens is 224 g/mol. The van der Waals surface area contributed by atoms with E-state index >= 15 is 0 Å². The van der Waals surface area contributed by atoms with Gasteiger partial charge in [-0.3, -0.25) is 14.3 Å². The maximum atomic E-state index is 11.6. The van der Waals surface area contributed by atoms with E-state index in [9.17, 15) is 9.59 Å². The van der Waals surface area contributed by atoms with Gasteiger partial charge < -0.3 is 9.84 Å². The van der Waals surface area contributed by atoms with Crippen LogP contribution >= 0.6 is 0 Å². The Morgan fingerprint density at radius 2 is 2.29 bits per heavy atom. The van der Waals surface area contributed by atoms with Crippen molar-refractivity contribution in [1.29, 1.82) is 0 Å². The van der Waals surface area contributed by atoms with Gasteiger partial charge in [0.2, 0.25) is 0 Å². The fourth-order valence-corrected chi connectivity index (χ4v) is 1.41. The van der Waals surface area contributed by atoms with Gasteiger partial charge in [0.1, 0.15) is 6.23 Å². The van der Waals surface area contributed by atoms with Crippen molar-refractivity contribution in [2.45, 2.75) is 19.6 Å². The Balaban J connectivity index is 3.12. The molecule has 1 atom stereocenters. The number of nitrogens with zero attached hydrogens (tertiary/aromatic N) is 1. The highest BCUT2D eigenvalue weighted by Crippen LogP contribution is 2.14. The summed E-state index contributed by atoms with van der Waals surface area (Å²) in [5.74, 6) is 0. The standard InChI is InChI=1S/C11H16N2O4/c1-7(6-14)4-9(17-3)13-5-8(2)10(15)12-11(13)16/h5,9,14H,1,4,6H2,2-3H3,(H,12,15,16)/t9-/m0/s1. The summed E-state index contributed by atoms with van der Waals surface area (Å²) in [7, 11) is 1.45. The van der Waals surface area contributed by atoms with E-state index in [1.54, 1.807) is 6.92 Å². The fourth-order valence-electron chi connectivity index (χ4n) is 1.41.